The van der Waals surface area contributed by atoms with Crippen LogP contribution in [0, 0.1) is 6.92 Å². The average Bonchev–Trinajstić information content (AvgIpc) is 2.46. The maximum absolute atomic E-state index is 12.2. The van der Waals surface area contributed by atoms with Crippen LogP contribution in [0.1, 0.15) is 22.3 Å². The zero-order chi connectivity index (χ0) is 11.6. The summed E-state index contributed by atoms with van der Waals surface area (Å²) in [5.74, 6) is -1.09. The smallest absolute Gasteiger partial charge is 0.347 e. The Morgan fingerprint density at radius 1 is 1.60 bits per heavy atom. The summed E-state index contributed by atoms with van der Waals surface area (Å²) >= 11 is 0.858. The molecule has 1 atom stereocenters. The molecule has 1 aromatic rings. The minimum absolute atomic E-state index is 0.0685. The highest BCUT2D eigenvalue weighted by Gasteiger charge is 2.18. The van der Waals surface area contributed by atoms with Crippen molar-refractivity contribution in [1.82, 2.24) is 4.98 Å². The second-order valence-electron chi connectivity index (χ2n) is 3.01. The number of nitrogens with zero attached hydrogens (tertiary/aromatic N) is 1. The molecule has 4 nitrogen and oxygen atoms in total. The topological polar surface area (TPSA) is 62.2 Å². The Hall–Kier alpha value is -1.24. The van der Waals surface area contributed by atoms with Crippen molar-refractivity contribution < 1.29 is 18.7 Å². The number of carbonyl (C=O) groups is 1. The van der Waals surface area contributed by atoms with Crippen LogP contribution >= 0.6 is 11.3 Å². The molecule has 0 saturated carbocycles. The highest BCUT2D eigenvalue weighted by atomic mass is 32.1. The van der Waals surface area contributed by atoms with Crippen LogP contribution in [0.3, 0.4) is 0 Å². The van der Waals surface area contributed by atoms with E-state index >= 15 is 0 Å². The van der Waals surface area contributed by atoms with Crippen molar-refractivity contribution in [3.05, 3.63) is 10.6 Å². The second-order valence-corrected chi connectivity index (χ2v) is 4.01. The molecule has 0 aliphatic heterocycles. The van der Waals surface area contributed by atoms with Crippen molar-refractivity contribution in [2.75, 3.05) is 5.32 Å². The Balaban J connectivity index is 2.80. The van der Waals surface area contributed by atoms with Gasteiger partial charge in [0.05, 0.1) is 11.7 Å². The van der Waals surface area contributed by atoms with Gasteiger partial charge in [-0.15, -0.1) is 0 Å². The summed E-state index contributed by atoms with van der Waals surface area (Å²) in [6.07, 6.45) is -2.51. The van der Waals surface area contributed by atoms with Crippen molar-refractivity contribution in [2.45, 2.75) is 26.3 Å². The summed E-state index contributed by atoms with van der Waals surface area (Å²) < 4.78 is 24.4. The number of hydrogen-bond donors (Lipinski definition) is 2. The van der Waals surface area contributed by atoms with E-state index in [1.807, 2.05) is 0 Å². The van der Waals surface area contributed by atoms with E-state index in [1.165, 1.54) is 13.8 Å². The van der Waals surface area contributed by atoms with E-state index in [0.29, 0.717) is 5.69 Å². The maximum atomic E-state index is 12.2. The van der Waals surface area contributed by atoms with Gasteiger partial charge in [-0.1, -0.05) is 11.3 Å². The fraction of sp³-hybridized carbons (Fsp3) is 0.500. The largest absolute Gasteiger partial charge is 0.477 e. The molecule has 1 heterocycles. The monoisotopic (exact) mass is 236 g/mol. The SMILES string of the molecule is Cc1nc(NC(C)C(F)F)sc1C(=O)O. The average molecular weight is 236 g/mol. The van der Waals surface area contributed by atoms with Gasteiger partial charge in [-0.3, -0.25) is 0 Å². The number of carboxylic acid groups (broad SMARTS) is 1. The van der Waals surface area contributed by atoms with Gasteiger partial charge in [0.2, 0.25) is 0 Å². The molecule has 15 heavy (non-hydrogen) atoms. The molecule has 0 amide bonds. The van der Waals surface area contributed by atoms with Gasteiger partial charge >= 0.3 is 5.97 Å². The van der Waals surface area contributed by atoms with Crippen molar-refractivity contribution in [2.24, 2.45) is 0 Å². The molecule has 2 N–H and O–H groups in total. The number of nitrogens with one attached hydrogen (secondary N) is 1. The molecule has 1 rings (SSSR count). The number of anilines is 1. The van der Waals surface area contributed by atoms with E-state index < -0.39 is 18.4 Å². The molecule has 0 fully saturated rings. The van der Waals surface area contributed by atoms with Crippen molar-refractivity contribution in [3.8, 4) is 0 Å². The molecule has 0 bridgehead atoms. The van der Waals surface area contributed by atoms with E-state index in [0.717, 1.165) is 11.3 Å². The predicted molar refractivity (Wildman–Crippen MR) is 52.9 cm³/mol. The molecular formula is C8H10F2N2O2S. The molecule has 0 spiro atoms. The third-order valence-corrected chi connectivity index (χ3v) is 2.80. The maximum Gasteiger partial charge on any atom is 0.347 e. The summed E-state index contributed by atoms with van der Waals surface area (Å²) in [4.78, 5) is 14.6. The molecule has 0 saturated heterocycles. The number of aromatic nitrogens is 1. The molecule has 84 valence electrons. The lowest BCUT2D eigenvalue weighted by atomic mass is 10.4. The van der Waals surface area contributed by atoms with Gasteiger partial charge in [0.1, 0.15) is 4.88 Å². The van der Waals surface area contributed by atoms with Crippen LogP contribution in [0.4, 0.5) is 13.9 Å². The van der Waals surface area contributed by atoms with E-state index in [2.05, 4.69) is 10.3 Å². The Morgan fingerprint density at radius 2 is 2.20 bits per heavy atom. The molecule has 0 radical (unpaired) electrons. The van der Waals surface area contributed by atoms with Crippen LogP contribution in [0.2, 0.25) is 0 Å². The fourth-order valence-electron chi connectivity index (χ4n) is 0.914. The van der Waals surface area contributed by atoms with E-state index in [-0.39, 0.29) is 10.0 Å². The number of thiazole rings is 1. The van der Waals surface area contributed by atoms with Crippen LogP contribution in [0.5, 0.6) is 0 Å². The van der Waals surface area contributed by atoms with E-state index in [4.69, 9.17) is 5.11 Å². The molecule has 1 aromatic heterocycles. The van der Waals surface area contributed by atoms with Gasteiger partial charge in [-0.25, -0.2) is 18.6 Å². The lowest BCUT2D eigenvalue weighted by molar-refractivity contribution is 0.0701. The van der Waals surface area contributed by atoms with Crippen molar-refractivity contribution in [1.29, 1.82) is 0 Å². The Labute approximate surface area is 89.0 Å². The van der Waals surface area contributed by atoms with Gasteiger partial charge in [0.15, 0.2) is 5.13 Å². The summed E-state index contributed by atoms with van der Waals surface area (Å²) in [5, 5.41) is 11.4. The molecule has 7 heteroatoms. The standard InChI is InChI=1S/C8H10F2N2O2S/c1-3-5(7(13)14)15-8(11-3)12-4(2)6(9)10/h4,6H,1-2H3,(H,11,12)(H,13,14). The third-order valence-electron chi connectivity index (χ3n) is 1.72. The molecule has 0 aliphatic carbocycles. The van der Waals surface area contributed by atoms with Crippen molar-refractivity contribution in [3.63, 3.8) is 0 Å². The van der Waals surface area contributed by atoms with E-state index in [9.17, 15) is 13.6 Å². The highest BCUT2D eigenvalue weighted by Crippen LogP contribution is 2.23. The molecule has 1 unspecified atom stereocenters. The van der Waals surface area contributed by atoms with Gasteiger partial charge in [0, 0.05) is 0 Å². The number of halogens is 2. The molecule has 0 aromatic carbocycles. The van der Waals surface area contributed by atoms with Crippen LogP contribution in [-0.2, 0) is 0 Å². The first kappa shape index (κ1) is 11.8. The fourth-order valence-corrected chi connectivity index (χ4v) is 1.82. The van der Waals surface area contributed by atoms with Crippen LogP contribution < -0.4 is 5.32 Å². The van der Waals surface area contributed by atoms with Crippen LogP contribution in [0.15, 0.2) is 0 Å². The van der Waals surface area contributed by atoms with Crippen molar-refractivity contribution >= 4 is 22.4 Å². The lowest BCUT2D eigenvalue weighted by Crippen LogP contribution is -2.23. The zero-order valence-electron chi connectivity index (χ0n) is 8.12. The first-order valence-corrected chi connectivity index (χ1v) is 4.99. The summed E-state index contributed by atoms with van der Waals surface area (Å²) in [5.41, 5.74) is 0.330. The van der Waals surface area contributed by atoms with Gasteiger partial charge in [0.25, 0.3) is 6.43 Å². The Morgan fingerprint density at radius 3 is 2.60 bits per heavy atom. The van der Waals surface area contributed by atoms with E-state index in [1.54, 1.807) is 0 Å². The minimum Gasteiger partial charge on any atom is -0.477 e. The summed E-state index contributed by atoms with van der Waals surface area (Å²) in [7, 11) is 0. The van der Waals surface area contributed by atoms with Gasteiger partial charge in [-0.2, -0.15) is 0 Å². The first-order chi connectivity index (χ1) is 6.91. The van der Waals surface area contributed by atoms with Gasteiger partial charge < -0.3 is 10.4 Å². The number of aromatic carboxylic acids is 1. The molecule has 0 aliphatic rings. The third kappa shape index (κ3) is 2.85. The number of aryl methyl sites for hydroxylation is 1. The summed E-state index contributed by atoms with van der Waals surface area (Å²) in [6.45, 7) is 2.83. The van der Waals surface area contributed by atoms with Crippen LogP contribution in [0.25, 0.3) is 0 Å². The Bertz CT molecular complexity index is 368. The van der Waals surface area contributed by atoms with Crippen LogP contribution in [-0.4, -0.2) is 28.5 Å². The number of carboxylic acids is 1. The minimum atomic E-state index is -2.51. The quantitative estimate of drug-likeness (QED) is 0.841. The predicted octanol–water partition coefficient (Wildman–Crippen LogP) is 2.22. The summed E-state index contributed by atoms with van der Waals surface area (Å²) in [6, 6.07) is -1.04. The first-order valence-electron chi connectivity index (χ1n) is 4.17. The molecular weight excluding hydrogens is 226 g/mol. The second kappa shape index (κ2) is 4.52. The van der Waals surface area contributed by atoms with Gasteiger partial charge in [-0.05, 0) is 13.8 Å². The zero-order valence-corrected chi connectivity index (χ0v) is 8.94. The normalized spacial score (nSPS) is 12.9. The number of hydrogen-bond acceptors (Lipinski definition) is 4. The highest BCUT2D eigenvalue weighted by molar-refractivity contribution is 7.17. The lowest BCUT2D eigenvalue weighted by Gasteiger charge is -2.10. The number of rotatable bonds is 4. The number of alkyl halides is 2. The Kier molecular flexibility index (Phi) is 3.57.